The van der Waals surface area contributed by atoms with Crippen LogP contribution in [0.2, 0.25) is 10.0 Å². The SMILES string of the molecule is CN(C)Cc1ccc(NCc2ccc(Cl)cc2Cl)cc1. The maximum absolute atomic E-state index is 6.15. The fourth-order valence-corrected chi connectivity index (χ4v) is 2.43. The van der Waals surface area contributed by atoms with Crippen molar-refractivity contribution in [2.45, 2.75) is 13.1 Å². The number of benzene rings is 2. The first kappa shape index (κ1) is 15.2. The highest BCUT2D eigenvalue weighted by molar-refractivity contribution is 6.35. The number of halogens is 2. The van der Waals surface area contributed by atoms with Crippen LogP contribution in [0.15, 0.2) is 42.5 Å². The molecule has 0 fully saturated rings. The van der Waals surface area contributed by atoms with Gasteiger partial charge in [-0.2, -0.15) is 0 Å². The lowest BCUT2D eigenvalue weighted by atomic mass is 10.2. The van der Waals surface area contributed by atoms with Crippen molar-refractivity contribution < 1.29 is 0 Å². The van der Waals surface area contributed by atoms with Gasteiger partial charge in [0.05, 0.1) is 0 Å². The van der Waals surface area contributed by atoms with Crippen LogP contribution in [0.4, 0.5) is 5.69 Å². The van der Waals surface area contributed by atoms with Crippen LogP contribution in [0, 0.1) is 0 Å². The van der Waals surface area contributed by atoms with E-state index in [1.807, 2.05) is 12.1 Å². The molecule has 0 aliphatic rings. The molecule has 2 rings (SSSR count). The molecule has 2 aromatic carbocycles. The first-order chi connectivity index (χ1) is 9.54. The van der Waals surface area contributed by atoms with Gasteiger partial charge >= 0.3 is 0 Å². The molecule has 0 radical (unpaired) electrons. The normalized spacial score (nSPS) is 10.8. The monoisotopic (exact) mass is 308 g/mol. The van der Waals surface area contributed by atoms with Crippen molar-refractivity contribution >= 4 is 28.9 Å². The highest BCUT2D eigenvalue weighted by Gasteiger charge is 2.01. The zero-order valence-electron chi connectivity index (χ0n) is 11.7. The van der Waals surface area contributed by atoms with Crippen molar-refractivity contribution in [3.05, 3.63) is 63.6 Å². The molecule has 0 aromatic heterocycles. The van der Waals surface area contributed by atoms with E-state index in [2.05, 4.69) is 48.6 Å². The van der Waals surface area contributed by atoms with E-state index >= 15 is 0 Å². The van der Waals surface area contributed by atoms with Crippen molar-refractivity contribution in [2.24, 2.45) is 0 Å². The van der Waals surface area contributed by atoms with Crippen LogP contribution in [-0.4, -0.2) is 19.0 Å². The standard InChI is InChI=1S/C16H18Cl2N2/c1-20(2)11-12-3-7-15(8-4-12)19-10-13-5-6-14(17)9-16(13)18/h3-9,19H,10-11H2,1-2H3. The molecule has 0 saturated carbocycles. The summed E-state index contributed by atoms with van der Waals surface area (Å²) in [6.45, 7) is 1.63. The summed E-state index contributed by atoms with van der Waals surface area (Å²) in [6, 6.07) is 14.0. The van der Waals surface area contributed by atoms with Crippen LogP contribution < -0.4 is 5.32 Å². The minimum Gasteiger partial charge on any atom is -0.381 e. The summed E-state index contributed by atoms with van der Waals surface area (Å²) in [4.78, 5) is 2.15. The van der Waals surface area contributed by atoms with Crippen molar-refractivity contribution in [3.63, 3.8) is 0 Å². The lowest BCUT2D eigenvalue weighted by Gasteiger charge is -2.11. The first-order valence-corrected chi connectivity index (χ1v) is 7.21. The van der Waals surface area contributed by atoms with Crippen molar-refractivity contribution in [2.75, 3.05) is 19.4 Å². The first-order valence-electron chi connectivity index (χ1n) is 6.46. The lowest BCUT2D eigenvalue weighted by molar-refractivity contribution is 0.402. The Hall–Kier alpha value is -1.22. The Balaban J connectivity index is 1.96. The number of nitrogens with zero attached hydrogens (tertiary/aromatic N) is 1. The van der Waals surface area contributed by atoms with Crippen molar-refractivity contribution in [1.29, 1.82) is 0 Å². The second kappa shape index (κ2) is 6.98. The maximum atomic E-state index is 6.15. The molecule has 0 aliphatic carbocycles. The molecule has 0 bridgehead atoms. The van der Waals surface area contributed by atoms with E-state index < -0.39 is 0 Å². The summed E-state index contributed by atoms with van der Waals surface area (Å²) in [7, 11) is 4.13. The van der Waals surface area contributed by atoms with Gasteiger partial charge in [0.15, 0.2) is 0 Å². The van der Waals surface area contributed by atoms with Gasteiger partial charge in [-0.25, -0.2) is 0 Å². The predicted octanol–water partition coefficient (Wildman–Crippen LogP) is 4.67. The Labute approximate surface area is 130 Å². The zero-order chi connectivity index (χ0) is 14.5. The summed E-state index contributed by atoms with van der Waals surface area (Å²) in [5, 5.41) is 4.71. The van der Waals surface area contributed by atoms with Gasteiger partial charge in [-0.1, -0.05) is 41.4 Å². The van der Waals surface area contributed by atoms with Crippen molar-refractivity contribution in [3.8, 4) is 0 Å². The Morgan fingerprint density at radius 1 is 1.00 bits per heavy atom. The number of anilines is 1. The average Bonchev–Trinajstić information content (AvgIpc) is 2.39. The molecular weight excluding hydrogens is 291 g/mol. The van der Waals surface area contributed by atoms with Crippen molar-refractivity contribution in [1.82, 2.24) is 4.90 Å². The van der Waals surface area contributed by atoms with Crippen LogP contribution in [0.3, 0.4) is 0 Å². The third-order valence-corrected chi connectivity index (χ3v) is 3.54. The second-order valence-corrected chi connectivity index (χ2v) is 5.87. The third kappa shape index (κ3) is 4.41. The molecular formula is C16H18Cl2N2. The Bertz CT molecular complexity index is 565. The Morgan fingerprint density at radius 3 is 2.30 bits per heavy atom. The van der Waals surface area contributed by atoms with E-state index in [1.54, 1.807) is 6.07 Å². The minimum atomic E-state index is 0.659. The van der Waals surface area contributed by atoms with E-state index in [-0.39, 0.29) is 0 Å². The number of hydrogen-bond acceptors (Lipinski definition) is 2. The van der Waals surface area contributed by atoms with E-state index in [4.69, 9.17) is 23.2 Å². The number of rotatable bonds is 5. The smallest absolute Gasteiger partial charge is 0.0470 e. The maximum Gasteiger partial charge on any atom is 0.0470 e. The van der Waals surface area contributed by atoms with E-state index in [0.29, 0.717) is 16.6 Å². The molecule has 0 aliphatic heterocycles. The van der Waals surface area contributed by atoms with E-state index in [9.17, 15) is 0 Å². The lowest BCUT2D eigenvalue weighted by Crippen LogP contribution is -2.10. The van der Waals surface area contributed by atoms with Crippen LogP contribution in [0.25, 0.3) is 0 Å². The van der Waals surface area contributed by atoms with Gasteiger partial charge in [0.1, 0.15) is 0 Å². The molecule has 2 nitrogen and oxygen atoms in total. The van der Waals surface area contributed by atoms with Gasteiger partial charge in [0.25, 0.3) is 0 Å². The van der Waals surface area contributed by atoms with E-state index in [1.165, 1.54) is 5.56 Å². The highest BCUT2D eigenvalue weighted by atomic mass is 35.5. The van der Waals surface area contributed by atoms with Gasteiger partial charge in [0, 0.05) is 28.8 Å². The minimum absolute atomic E-state index is 0.659. The molecule has 4 heteroatoms. The average molecular weight is 309 g/mol. The van der Waals surface area contributed by atoms with Gasteiger partial charge in [-0.3, -0.25) is 0 Å². The molecule has 0 spiro atoms. The van der Waals surface area contributed by atoms with Gasteiger partial charge in [-0.05, 0) is 49.5 Å². The molecule has 20 heavy (non-hydrogen) atoms. The molecule has 106 valence electrons. The topological polar surface area (TPSA) is 15.3 Å². The predicted molar refractivity (Wildman–Crippen MR) is 87.6 cm³/mol. The quantitative estimate of drug-likeness (QED) is 0.863. The summed E-state index contributed by atoms with van der Waals surface area (Å²) >= 11 is 12.0. The number of nitrogens with one attached hydrogen (secondary N) is 1. The second-order valence-electron chi connectivity index (χ2n) is 5.02. The summed E-state index contributed by atoms with van der Waals surface area (Å²) in [5.74, 6) is 0. The summed E-state index contributed by atoms with van der Waals surface area (Å²) in [6.07, 6.45) is 0. The fourth-order valence-electron chi connectivity index (χ4n) is 1.96. The van der Waals surface area contributed by atoms with Gasteiger partial charge in [-0.15, -0.1) is 0 Å². The third-order valence-electron chi connectivity index (χ3n) is 2.95. The molecule has 0 saturated heterocycles. The molecule has 0 unspecified atom stereocenters. The van der Waals surface area contributed by atoms with E-state index in [0.717, 1.165) is 17.8 Å². The van der Waals surface area contributed by atoms with Crippen LogP contribution in [-0.2, 0) is 13.1 Å². The largest absolute Gasteiger partial charge is 0.381 e. The van der Waals surface area contributed by atoms with Crippen LogP contribution in [0.5, 0.6) is 0 Å². The summed E-state index contributed by atoms with van der Waals surface area (Å²) < 4.78 is 0. The Kier molecular flexibility index (Phi) is 5.30. The molecule has 2 aromatic rings. The number of hydrogen-bond donors (Lipinski definition) is 1. The van der Waals surface area contributed by atoms with Gasteiger partial charge in [0.2, 0.25) is 0 Å². The van der Waals surface area contributed by atoms with Crippen LogP contribution >= 0.6 is 23.2 Å². The van der Waals surface area contributed by atoms with Crippen LogP contribution in [0.1, 0.15) is 11.1 Å². The van der Waals surface area contributed by atoms with Gasteiger partial charge < -0.3 is 10.2 Å². The molecule has 1 N–H and O–H groups in total. The Morgan fingerprint density at radius 2 is 1.70 bits per heavy atom. The molecule has 0 amide bonds. The zero-order valence-corrected chi connectivity index (χ0v) is 13.2. The fraction of sp³-hybridized carbons (Fsp3) is 0.250. The highest BCUT2D eigenvalue weighted by Crippen LogP contribution is 2.22. The summed E-state index contributed by atoms with van der Waals surface area (Å²) in [5.41, 5.74) is 3.41. The molecule has 0 heterocycles. The molecule has 0 atom stereocenters.